The quantitative estimate of drug-likeness (QED) is 0.868. The fourth-order valence-electron chi connectivity index (χ4n) is 2.12. The number of pyridine rings is 1. The molecule has 1 aliphatic heterocycles. The molecule has 22 heavy (non-hydrogen) atoms. The van der Waals surface area contributed by atoms with Gasteiger partial charge in [-0.3, -0.25) is 4.79 Å². The van der Waals surface area contributed by atoms with Gasteiger partial charge in [-0.2, -0.15) is 0 Å². The Kier molecular flexibility index (Phi) is 4.09. The van der Waals surface area contributed by atoms with Gasteiger partial charge in [-0.1, -0.05) is 29.3 Å². The maximum atomic E-state index is 12.2. The van der Waals surface area contributed by atoms with Crippen LogP contribution in [0.3, 0.4) is 0 Å². The first kappa shape index (κ1) is 14.9. The van der Waals surface area contributed by atoms with Crippen LogP contribution in [0.25, 0.3) is 0 Å². The van der Waals surface area contributed by atoms with E-state index in [-0.39, 0.29) is 29.6 Å². The van der Waals surface area contributed by atoms with E-state index in [0.29, 0.717) is 16.5 Å². The molecule has 7 heteroatoms. The summed E-state index contributed by atoms with van der Waals surface area (Å²) in [6.45, 7) is 2.08. The van der Waals surface area contributed by atoms with Gasteiger partial charge in [0.2, 0.25) is 6.79 Å². The number of carbonyl (C=O) groups excluding carboxylic acids is 1. The number of benzene rings is 1. The van der Waals surface area contributed by atoms with Gasteiger partial charge in [-0.25, -0.2) is 4.98 Å². The van der Waals surface area contributed by atoms with E-state index in [2.05, 4.69) is 10.3 Å². The Balaban J connectivity index is 1.76. The van der Waals surface area contributed by atoms with Gasteiger partial charge in [-0.05, 0) is 36.8 Å². The molecule has 0 aliphatic carbocycles. The maximum absolute atomic E-state index is 12.2. The van der Waals surface area contributed by atoms with E-state index < -0.39 is 0 Å². The van der Waals surface area contributed by atoms with Gasteiger partial charge in [0.05, 0.1) is 6.04 Å². The van der Waals surface area contributed by atoms with Crippen molar-refractivity contribution in [3.63, 3.8) is 0 Å². The lowest BCUT2D eigenvalue weighted by Crippen LogP contribution is -2.27. The van der Waals surface area contributed by atoms with Gasteiger partial charge in [-0.15, -0.1) is 0 Å². The minimum atomic E-state index is -0.352. The molecule has 0 saturated heterocycles. The Hall–Kier alpha value is -1.98. The van der Waals surface area contributed by atoms with Crippen LogP contribution >= 0.6 is 23.2 Å². The molecule has 0 spiro atoms. The summed E-state index contributed by atoms with van der Waals surface area (Å²) in [6, 6.07) is 8.23. The van der Waals surface area contributed by atoms with Crippen molar-refractivity contribution in [3.8, 4) is 11.5 Å². The zero-order valence-corrected chi connectivity index (χ0v) is 13.1. The highest BCUT2D eigenvalue weighted by Crippen LogP contribution is 2.34. The molecule has 114 valence electrons. The van der Waals surface area contributed by atoms with Crippen LogP contribution in [-0.4, -0.2) is 17.7 Å². The molecule has 5 nitrogen and oxygen atoms in total. The summed E-state index contributed by atoms with van der Waals surface area (Å²) in [7, 11) is 0. The summed E-state index contributed by atoms with van der Waals surface area (Å²) in [6.07, 6.45) is 0. The summed E-state index contributed by atoms with van der Waals surface area (Å²) in [4.78, 5) is 16.2. The Morgan fingerprint density at radius 2 is 2.00 bits per heavy atom. The predicted octanol–water partition coefficient (Wildman–Crippen LogP) is 3.61. The van der Waals surface area contributed by atoms with Crippen molar-refractivity contribution in [2.75, 3.05) is 6.79 Å². The second kappa shape index (κ2) is 6.02. The lowest BCUT2D eigenvalue weighted by Gasteiger charge is -2.14. The van der Waals surface area contributed by atoms with Gasteiger partial charge in [0.1, 0.15) is 10.8 Å². The number of nitrogens with zero attached hydrogens (tertiary/aromatic N) is 1. The zero-order valence-electron chi connectivity index (χ0n) is 11.6. The molecule has 1 aliphatic rings. The van der Waals surface area contributed by atoms with Crippen molar-refractivity contribution in [2.45, 2.75) is 13.0 Å². The van der Waals surface area contributed by atoms with Gasteiger partial charge in [0, 0.05) is 5.02 Å². The third-order valence-electron chi connectivity index (χ3n) is 3.24. The van der Waals surface area contributed by atoms with Crippen molar-refractivity contribution in [3.05, 3.63) is 51.8 Å². The molecule has 0 unspecified atom stereocenters. The molecule has 1 amide bonds. The third-order valence-corrected chi connectivity index (χ3v) is 3.65. The number of fused-ring (bicyclic) bond motifs is 1. The molecule has 0 saturated carbocycles. The number of hydrogen-bond donors (Lipinski definition) is 1. The molecular formula is C15H12Cl2N2O3. The number of halogens is 2. The summed E-state index contributed by atoms with van der Waals surface area (Å²) >= 11 is 11.7. The third kappa shape index (κ3) is 3.10. The van der Waals surface area contributed by atoms with Crippen molar-refractivity contribution >= 4 is 29.1 Å². The SMILES string of the molecule is C[C@@H](NC(=O)c1cc(Cl)cc(Cl)n1)c1ccc2c(c1)OCO2. The largest absolute Gasteiger partial charge is 0.454 e. The predicted molar refractivity (Wildman–Crippen MR) is 82.7 cm³/mol. The van der Waals surface area contributed by atoms with Crippen LogP contribution < -0.4 is 14.8 Å². The second-order valence-electron chi connectivity index (χ2n) is 4.80. The summed E-state index contributed by atoms with van der Waals surface area (Å²) in [5, 5.41) is 3.38. The molecule has 3 rings (SSSR count). The van der Waals surface area contributed by atoms with E-state index in [9.17, 15) is 4.79 Å². The summed E-state index contributed by atoms with van der Waals surface area (Å²) in [5.74, 6) is 1.02. The van der Waals surface area contributed by atoms with Crippen molar-refractivity contribution in [1.29, 1.82) is 0 Å². The minimum Gasteiger partial charge on any atom is -0.454 e. The van der Waals surface area contributed by atoms with Crippen LogP contribution in [-0.2, 0) is 0 Å². The van der Waals surface area contributed by atoms with E-state index in [1.807, 2.05) is 25.1 Å². The smallest absolute Gasteiger partial charge is 0.270 e. The molecular weight excluding hydrogens is 327 g/mol. The Labute approximate surface area is 137 Å². The number of aromatic nitrogens is 1. The monoisotopic (exact) mass is 338 g/mol. The van der Waals surface area contributed by atoms with Crippen LogP contribution in [0.4, 0.5) is 0 Å². The van der Waals surface area contributed by atoms with E-state index >= 15 is 0 Å². The second-order valence-corrected chi connectivity index (χ2v) is 5.62. The van der Waals surface area contributed by atoms with Crippen LogP contribution in [0.15, 0.2) is 30.3 Å². The van der Waals surface area contributed by atoms with E-state index in [4.69, 9.17) is 32.7 Å². The fourth-order valence-corrected chi connectivity index (χ4v) is 2.59. The Morgan fingerprint density at radius 3 is 2.77 bits per heavy atom. The average Bonchev–Trinajstić information content (AvgIpc) is 2.93. The zero-order chi connectivity index (χ0) is 15.7. The maximum Gasteiger partial charge on any atom is 0.270 e. The number of amides is 1. The van der Waals surface area contributed by atoms with Crippen molar-refractivity contribution in [2.24, 2.45) is 0 Å². The number of nitrogens with one attached hydrogen (secondary N) is 1. The van der Waals surface area contributed by atoms with E-state index in [1.165, 1.54) is 12.1 Å². The highest BCUT2D eigenvalue weighted by molar-refractivity contribution is 6.34. The first-order valence-electron chi connectivity index (χ1n) is 6.56. The van der Waals surface area contributed by atoms with Crippen molar-refractivity contribution < 1.29 is 14.3 Å². The molecule has 2 heterocycles. The number of carbonyl (C=O) groups is 1. The standard InChI is InChI=1S/C15H12Cl2N2O3/c1-8(9-2-3-12-13(4-9)22-7-21-12)18-15(20)11-5-10(16)6-14(17)19-11/h2-6,8H,7H2,1H3,(H,18,20)/t8-/m1/s1. The van der Waals surface area contributed by atoms with E-state index in [0.717, 1.165) is 5.56 Å². The number of rotatable bonds is 3. The highest BCUT2D eigenvalue weighted by Gasteiger charge is 2.18. The molecule has 0 fully saturated rings. The molecule has 1 N–H and O–H groups in total. The topological polar surface area (TPSA) is 60.5 Å². The van der Waals surface area contributed by atoms with Crippen LogP contribution in [0.1, 0.15) is 29.0 Å². The van der Waals surface area contributed by atoms with Gasteiger partial charge in [0.25, 0.3) is 5.91 Å². The molecule has 2 aromatic rings. The minimum absolute atomic E-state index is 0.171. The van der Waals surface area contributed by atoms with Gasteiger partial charge < -0.3 is 14.8 Å². The molecule has 0 bridgehead atoms. The molecule has 1 aromatic carbocycles. The normalized spacial score (nSPS) is 13.8. The fraction of sp³-hybridized carbons (Fsp3) is 0.200. The first-order valence-corrected chi connectivity index (χ1v) is 7.32. The summed E-state index contributed by atoms with van der Waals surface area (Å²) in [5.41, 5.74) is 1.07. The van der Waals surface area contributed by atoms with E-state index in [1.54, 1.807) is 0 Å². The highest BCUT2D eigenvalue weighted by atomic mass is 35.5. The first-order chi connectivity index (χ1) is 10.5. The van der Waals surface area contributed by atoms with Gasteiger partial charge >= 0.3 is 0 Å². The Morgan fingerprint density at radius 1 is 1.23 bits per heavy atom. The van der Waals surface area contributed by atoms with Crippen LogP contribution in [0, 0.1) is 0 Å². The van der Waals surface area contributed by atoms with Crippen molar-refractivity contribution in [1.82, 2.24) is 10.3 Å². The molecule has 0 radical (unpaired) electrons. The lowest BCUT2D eigenvalue weighted by atomic mass is 10.1. The average molecular weight is 339 g/mol. The Bertz CT molecular complexity index is 716. The molecule has 1 aromatic heterocycles. The summed E-state index contributed by atoms with van der Waals surface area (Å²) < 4.78 is 10.6. The number of hydrogen-bond acceptors (Lipinski definition) is 4. The van der Waals surface area contributed by atoms with Crippen LogP contribution in [0.2, 0.25) is 10.2 Å². The van der Waals surface area contributed by atoms with Gasteiger partial charge in [0.15, 0.2) is 11.5 Å². The van der Waals surface area contributed by atoms with Crippen LogP contribution in [0.5, 0.6) is 11.5 Å². The number of ether oxygens (including phenoxy) is 2. The molecule has 1 atom stereocenters. The lowest BCUT2D eigenvalue weighted by molar-refractivity contribution is 0.0934.